The molecule has 0 N–H and O–H groups in total. The maximum Gasteiger partial charge on any atom is 0.378 e. The van der Waals surface area contributed by atoms with E-state index in [9.17, 15) is 9.90 Å². The summed E-state index contributed by atoms with van der Waals surface area (Å²) in [7, 11) is 0. The minimum absolute atomic E-state index is 0.861. The van der Waals surface area contributed by atoms with Crippen molar-refractivity contribution < 1.29 is 9.90 Å². The molecule has 1 radical (unpaired) electrons. The highest BCUT2D eigenvalue weighted by atomic mass is 16.4. The maximum atomic E-state index is 9.98. The van der Waals surface area contributed by atoms with Crippen LogP contribution in [0.2, 0.25) is 0 Å². The van der Waals surface area contributed by atoms with Crippen molar-refractivity contribution >= 4 is 5.97 Å². The maximum absolute atomic E-state index is 9.98. The molecule has 2 heteroatoms. The van der Waals surface area contributed by atoms with Crippen molar-refractivity contribution in [1.29, 1.82) is 0 Å². The van der Waals surface area contributed by atoms with Gasteiger partial charge in [-0.25, -0.2) is 9.90 Å². The highest BCUT2D eigenvalue weighted by Crippen LogP contribution is 2.06. The van der Waals surface area contributed by atoms with E-state index in [4.69, 9.17) is 0 Å². The topological polar surface area (TPSA) is 37.0 Å². The zero-order valence-electron chi connectivity index (χ0n) is 8.42. The second-order valence-corrected chi connectivity index (χ2v) is 3.28. The molecule has 0 rings (SSSR count). The lowest BCUT2D eigenvalue weighted by atomic mass is 10.1. The van der Waals surface area contributed by atoms with Crippen molar-refractivity contribution in [3.8, 4) is 0 Å². The van der Waals surface area contributed by atoms with Gasteiger partial charge in [0.1, 0.15) is 0 Å². The van der Waals surface area contributed by atoms with Crippen LogP contribution in [0.1, 0.15) is 51.9 Å². The molecule has 0 fully saturated rings. The third-order valence-corrected chi connectivity index (χ3v) is 1.98. The molecule has 0 aromatic carbocycles. The Kier molecular flexibility index (Phi) is 8.73. The smallest absolute Gasteiger partial charge is 0.242 e. The Morgan fingerprint density at radius 2 is 1.69 bits per heavy atom. The Morgan fingerprint density at radius 1 is 1.08 bits per heavy atom. The number of carbonyl (C=O) groups excluding carboxylic acids is 1. The SMILES string of the molecule is CCCCCCCCC=CC([O])=O. The first-order valence-corrected chi connectivity index (χ1v) is 5.15. The summed E-state index contributed by atoms with van der Waals surface area (Å²) >= 11 is 0. The van der Waals surface area contributed by atoms with E-state index in [-0.39, 0.29) is 0 Å². The van der Waals surface area contributed by atoms with Crippen molar-refractivity contribution in [2.45, 2.75) is 51.9 Å². The fraction of sp³-hybridized carbons (Fsp3) is 0.727. The van der Waals surface area contributed by atoms with Crippen molar-refractivity contribution in [1.82, 2.24) is 0 Å². The zero-order chi connectivity index (χ0) is 9.94. The van der Waals surface area contributed by atoms with Gasteiger partial charge in [0.25, 0.3) is 0 Å². The summed E-state index contributed by atoms with van der Waals surface area (Å²) in [6, 6.07) is 0. The summed E-state index contributed by atoms with van der Waals surface area (Å²) < 4.78 is 0. The minimum Gasteiger partial charge on any atom is -0.242 e. The molecule has 0 saturated heterocycles. The summed E-state index contributed by atoms with van der Waals surface area (Å²) in [5.41, 5.74) is 0. The summed E-state index contributed by atoms with van der Waals surface area (Å²) in [5, 5.41) is 9.98. The molecule has 0 heterocycles. The van der Waals surface area contributed by atoms with Crippen LogP contribution >= 0.6 is 0 Å². The standard InChI is InChI=1S/C11H19O2/c1-2-3-4-5-6-7-8-9-10-11(12)13/h9-10H,2-8H2,1H3. The van der Waals surface area contributed by atoms with Gasteiger partial charge >= 0.3 is 5.97 Å². The lowest BCUT2D eigenvalue weighted by Crippen LogP contribution is -1.83. The number of carbonyl (C=O) groups is 1. The molecule has 0 amide bonds. The Hall–Kier alpha value is -0.790. The molecule has 75 valence electrons. The number of unbranched alkanes of at least 4 members (excludes halogenated alkanes) is 6. The van der Waals surface area contributed by atoms with E-state index in [1.807, 2.05) is 0 Å². The lowest BCUT2D eigenvalue weighted by Gasteiger charge is -1.96. The molecule has 2 nitrogen and oxygen atoms in total. The van der Waals surface area contributed by atoms with Crippen LogP contribution in [0.25, 0.3) is 0 Å². The van der Waals surface area contributed by atoms with Gasteiger partial charge in [-0.3, -0.25) is 0 Å². The molecule has 0 spiro atoms. The monoisotopic (exact) mass is 183 g/mol. The molecule has 0 aromatic rings. The van der Waals surface area contributed by atoms with Gasteiger partial charge in [-0.05, 0) is 12.8 Å². The van der Waals surface area contributed by atoms with Gasteiger partial charge in [0.2, 0.25) is 0 Å². The van der Waals surface area contributed by atoms with E-state index in [2.05, 4.69) is 6.92 Å². The van der Waals surface area contributed by atoms with Crippen LogP contribution in [0.4, 0.5) is 0 Å². The lowest BCUT2D eigenvalue weighted by molar-refractivity contribution is -0.137. The zero-order valence-corrected chi connectivity index (χ0v) is 8.42. The Balaban J connectivity index is 3.03. The van der Waals surface area contributed by atoms with Gasteiger partial charge in [0, 0.05) is 6.08 Å². The third-order valence-electron chi connectivity index (χ3n) is 1.98. The van der Waals surface area contributed by atoms with Gasteiger partial charge < -0.3 is 0 Å². The number of hydrogen-bond acceptors (Lipinski definition) is 1. The van der Waals surface area contributed by atoms with E-state index in [0.717, 1.165) is 18.9 Å². The summed E-state index contributed by atoms with van der Waals surface area (Å²) in [6.07, 6.45) is 11.1. The Morgan fingerprint density at radius 3 is 2.31 bits per heavy atom. The number of hydrogen-bond donors (Lipinski definition) is 0. The summed E-state index contributed by atoms with van der Waals surface area (Å²) in [4.78, 5) is 9.98. The average molecular weight is 183 g/mol. The highest BCUT2D eigenvalue weighted by Gasteiger charge is 1.90. The van der Waals surface area contributed by atoms with Gasteiger partial charge in [0.05, 0.1) is 0 Å². The van der Waals surface area contributed by atoms with Crippen LogP contribution in [0.3, 0.4) is 0 Å². The summed E-state index contributed by atoms with van der Waals surface area (Å²) in [6.45, 7) is 2.20. The van der Waals surface area contributed by atoms with Gasteiger partial charge in [-0.1, -0.05) is 45.1 Å². The molecular formula is C11H19O2. The molecule has 0 aromatic heterocycles. The second kappa shape index (κ2) is 9.30. The van der Waals surface area contributed by atoms with Gasteiger partial charge in [-0.2, -0.15) is 0 Å². The van der Waals surface area contributed by atoms with Crippen LogP contribution in [0.15, 0.2) is 12.2 Å². The molecule has 13 heavy (non-hydrogen) atoms. The molecule has 0 aliphatic rings. The van der Waals surface area contributed by atoms with E-state index in [0.29, 0.717) is 0 Å². The van der Waals surface area contributed by atoms with Gasteiger partial charge in [0.15, 0.2) is 0 Å². The summed E-state index contributed by atoms with van der Waals surface area (Å²) in [5.74, 6) is -1.09. The first-order chi connectivity index (χ1) is 6.27. The highest BCUT2D eigenvalue weighted by molar-refractivity contribution is 5.79. The number of allylic oxidation sites excluding steroid dienone is 1. The van der Waals surface area contributed by atoms with Crippen molar-refractivity contribution in [2.24, 2.45) is 0 Å². The Labute approximate surface area is 80.7 Å². The van der Waals surface area contributed by atoms with E-state index < -0.39 is 5.97 Å². The third kappa shape index (κ3) is 11.2. The predicted molar refractivity (Wildman–Crippen MR) is 52.8 cm³/mol. The molecule has 0 atom stereocenters. The first kappa shape index (κ1) is 12.2. The van der Waals surface area contributed by atoms with Crippen molar-refractivity contribution in [3.05, 3.63) is 12.2 Å². The molecule has 0 aliphatic heterocycles. The predicted octanol–water partition coefficient (Wildman–Crippen LogP) is 3.25. The van der Waals surface area contributed by atoms with Crippen LogP contribution in [0, 0.1) is 0 Å². The molecule has 0 saturated carbocycles. The van der Waals surface area contributed by atoms with E-state index >= 15 is 0 Å². The molecule has 0 bridgehead atoms. The second-order valence-electron chi connectivity index (χ2n) is 3.28. The largest absolute Gasteiger partial charge is 0.378 e. The first-order valence-electron chi connectivity index (χ1n) is 5.15. The molecule has 0 unspecified atom stereocenters. The van der Waals surface area contributed by atoms with Crippen molar-refractivity contribution in [2.75, 3.05) is 0 Å². The molecule has 0 aliphatic carbocycles. The van der Waals surface area contributed by atoms with Crippen molar-refractivity contribution in [3.63, 3.8) is 0 Å². The number of rotatable bonds is 8. The average Bonchev–Trinajstić information content (AvgIpc) is 2.09. The fourth-order valence-electron chi connectivity index (χ4n) is 1.22. The normalized spacial score (nSPS) is 10.8. The minimum atomic E-state index is -1.09. The van der Waals surface area contributed by atoms with Crippen LogP contribution in [0.5, 0.6) is 0 Å². The Bertz CT molecular complexity index is 150. The van der Waals surface area contributed by atoms with Crippen LogP contribution < -0.4 is 0 Å². The fourth-order valence-corrected chi connectivity index (χ4v) is 1.22. The van der Waals surface area contributed by atoms with Crippen LogP contribution in [-0.2, 0) is 9.90 Å². The van der Waals surface area contributed by atoms with Crippen LogP contribution in [-0.4, -0.2) is 5.97 Å². The van der Waals surface area contributed by atoms with E-state index in [1.54, 1.807) is 6.08 Å². The quantitative estimate of drug-likeness (QED) is 0.420. The van der Waals surface area contributed by atoms with E-state index in [1.165, 1.54) is 32.1 Å². The van der Waals surface area contributed by atoms with Gasteiger partial charge in [-0.15, -0.1) is 0 Å². The molecular weight excluding hydrogens is 164 g/mol.